The Morgan fingerprint density at radius 2 is 2.05 bits per heavy atom. The van der Waals surface area contributed by atoms with Crippen molar-refractivity contribution in [3.63, 3.8) is 0 Å². The smallest absolute Gasteiger partial charge is 0.255 e. The van der Waals surface area contributed by atoms with Gasteiger partial charge < -0.3 is 10.4 Å². The van der Waals surface area contributed by atoms with Crippen molar-refractivity contribution in [2.24, 2.45) is 0 Å². The van der Waals surface area contributed by atoms with Crippen molar-refractivity contribution >= 4 is 50.7 Å². The summed E-state index contributed by atoms with van der Waals surface area (Å²) >= 11 is 14.7. The minimum Gasteiger partial charge on any atom is -0.506 e. The van der Waals surface area contributed by atoms with Gasteiger partial charge in [-0.2, -0.15) is 0 Å². The van der Waals surface area contributed by atoms with E-state index < -0.39 is 0 Å². The second-order valence-corrected chi connectivity index (χ2v) is 5.24. The Morgan fingerprint density at radius 1 is 1.32 bits per heavy atom. The molecule has 2 aromatic rings. The van der Waals surface area contributed by atoms with E-state index in [1.807, 2.05) is 0 Å². The molecule has 0 aliphatic heterocycles. The Labute approximate surface area is 127 Å². The number of benzene rings is 1. The standard InChI is InChI=1S/C12H7BrCl2N2O2/c13-8-4-7(5-16-11(8)15)17-12(19)6-1-2-10(18)9(14)3-6/h1-5,18H,(H,17,19). The maximum Gasteiger partial charge on any atom is 0.255 e. The molecule has 0 unspecified atom stereocenters. The van der Waals surface area contributed by atoms with Gasteiger partial charge in [0.05, 0.1) is 21.4 Å². The number of nitrogens with zero attached hydrogens (tertiary/aromatic N) is 1. The minimum absolute atomic E-state index is 0.0749. The lowest BCUT2D eigenvalue weighted by Crippen LogP contribution is -2.12. The zero-order valence-electron chi connectivity index (χ0n) is 9.32. The van der Waals surface area contributed by atoms with Crippen LogP contribution in [0.25, 0.3) is 0 Å². The highest BCUT2D eigenvalue weighted by molar-refractivity contribution is 9.10. The van der Waals surface area contributed by atoms with Gasteiger partial charge in [0, 0.05) is 5.56 Å². The molecular formula is C12H7BrCl2N2O2. The number of amides is 1. The summed E-state index contributed by atoms with van der Waals surface area (Å²) in [6, 6.07) is 5.84. The molecule has 0 radical (unpaired) electrons. The summed E-state index contributed by atoms with van der Waals surface area (Å²) in [6.45, 7) is 0. The van der Waals surface area contributed by atoms with E-state index in [4.69, 9.17) is 23.2 Å². The predicted molar refractivity (Wildman–Crippen MR) is 78.0 cm³/mol. The van der Waals surface area contributed by atoms with E-state index >= 15 is 0 Å². The highest BCUT2D eigenvalue weighted by Crippen LogP contribution is 2.25. The second kappa shape index (κ2) is 5.77. The van der Waals surface area contributed by atoms with Crippen LogP contribution in [0.5, 0.6) is 5.75 Å². The van der Waals surface area contributed by atoms with Gasteiger partial charge in [-0.05, 0) is 40.2 Å². The molecule has 4 nitrogen and oxygen atoms in total. The van der Waals surface area contributed by atoms with E-state index in [0.717, 1.165) is 0 Å². The molecule has 98 valence electrons. The third-order valence-electron chi connectivity index (χ3n) is 2.26. The SMILES string of the molecule is O=C(Nc1cnc(Cl)c(Br)c1)c1ccc(O)c(Cl)c1. The molecule has 1 heterocycles. The predicted octanol–water partition coefficient (Wildman–Crippen LogP) is 4.11. The van der Waals surface area contributed by atoms with E-state index in [1.165, 1.54) is 24.4 Å². The molecule has 19 heavy (non-hydrogen) atoms. The van der Waals surface area contributed by atoms with Gasteiger partial charge in [0.2, 0.25) is 0 Å². The van der Waals surface area contributed by atoms with Crippen LogP contribution in [-0.2, 0) is 0 Å². The molecule has 1 aromatic carbocycles. The Hall–Kier alpha value is -1.30. The topological polar surface area (TPSA) is 62.2 Å². The number of aromatic hydroxyl groups is 1. The van der Waals surface area contributed by atoms with Gasteiger partial charge in [-0.25, -0.2) is 4.98 Å². The average molecular weight is 362 g/mol. The number of anilines is 1. The lowest BCUT2D eigenvalue weighted by molar-refractivity contribution is 0.102. The van der Waals surface area contributed by atoms with Gasteiger partial charge >= 0.3 is 0 Å². The van der Waals surface area contributed by atoms with E-state index in [2.05, 4.69) is 26.2 Å². The van der Waals surface area contributed by atoms with Crippen LogP contribution in [0.4, 0.5) is 5.69 Å². The number of aromatic nitrogens is 1. The van der Waals surface area contributed by atoms with Crippen LogP contribution in [0, 0.1) is 0 Å². The van der Waals surface area contributed by atoms with Crippen molar-refractivity contribution in [1.29, 1.82) is 0 Å². The Kier molecular flexibility index (Phi) is 4.29. The number of hydrogen-bond donors (Lipinski definition) is 2. The zero-order chi connectivity index (χ0) is 14.0. The number of phenolic OH excluding ortho intramolecular Hbond substituents is 1. The number of carbonyl (C=O) groups is 1. The quantitative estimate of drug-likeness (QED) is 0.791. The van der Waals surface area contributed by atoms with Gasteiger partial charge in [-0.1, -0.05) is 23.2 Å². The molecule has 0 bridgehead atoms. The first kappa shape index (κ1) is 14.1. The van der Waals surface area contributed by atoms with Crippen molar-refractivity contribution in [3.8, 4) is 5.75 Å². The number of rotatable bonds is 2. The van der Waals surface area contributed by atoms with Gasteiger partial charge in [0.1, 0.15) is 10.9 Å². The summed E-state index contributed by atoms with van der Waals surface area (Å²) in [5.41, 5.74) is 0.819. The van der Waals surface area contributed by atoms with Gasteiger partial charge in [-0.15, -0.1) is 0 Å². The van der Waals surface area contributed by atoms with Crippen LogP contribution in [0.2, 0.25) is 10.2 Å². The lowest BCUT2D eigenvalue weighted by atomic mass is 10.2. The van der Waals surface area contributed by atoms with Crippen LogP contribution in [0.15, 0.2) is 34.9 Å². The van der Waals surface area contributed by atoms with Crippen LogP contribution in [0.3, 0.4) is 0 Å². The largest absolute Gasteiger partial charge is 0.506 e. The minimum atomic E-state index is -0.363. The molecule has 7 heteroatoms. The summed E-state index contributed by atoms with van der Waals surface area (Å²) in [6.07, 6.45) is 1.44. The Bertz CT molecular complexity index is 650. The van der Waals surface area contributed by atoms with Gasteiger partial charge in [0.15, 0.2) is 0 Å². The molecule has 1 amide bonds. The maximum atomic E-state index is 11.9. The van der Waals surface area contributed by atoms with Crippen LogP contribution in [0.1, 0.15) is 10.4 Å². The van der Waals surface area contributed by atoms with Crippen molar-refractivity contribution in [2.45, 2.75) is 0 Å². The Balaban J connectivity index is 2.20. The normalized spacial score (nSPS) is 10.3. The molecule has 0 saturated heterocycles. The molecule has 0 saturated carbocycles. The molecule has 2 N–H and O–H groups in total. The summed E-state index contributed by atoms with van der Waals surface area (Å²) < 4.78 is 0.579. The third kappa shape index (κ3) is 3.37. The molecule has 2 rings (SSSR count). The fraction of sp³-hybridized carbons (Fsp3) is 0. The van der Waals surface area contributed by atoms with Crippen LogP contribution >= 0.6 is 39.1 Å². The first-order valence-corrected chi connectivity index (χ1v) is 6.63. The number of carbonyl (C=O) groups excluding carboxylic acids is 1. The lowest BCUT2D eigenvalue weighted by Gasteiger charge is -2.06. The highest BCUT2D eigenvalue weighted by atomic mass is 79.9. The van der Waals surface area contributed by atoms with E-state index in [1.54, 1.807) is 6.07 Å². The summed E-state index contributed by atoms with van der Waals surface area (Å²) in [4.78, 5) is 15.8. The number of nitrogens with one attached hydrogen (secondary N) is 1. The third-order valence-corrected chi connectivity index (χ3v) is 3.70. The summed E-state index contributed by atoms with van der Waals surface area (Å²) in [7, 11) is 0. The maximum absolute atomic E-state index is 11.9. The van der Waals surface area contributed by atoms with Crippen molar-refractivity contribution in [1.82, 2.24) is 4.98 Å². The number of pyridine rings is 1. The van der Waals surface area contributed by atoms with Crippen LogP contribution < -0.4 is 5.32 Å². The number of halogens is 3. The van der Waals surface area contributed by atoms with Gasteiger partial charge in [-0.3, -0.25) is 4.79 Å². The number of phenols is 1. The van der Waals surface area contributed by atoms with Gasteiger partial charge in [0.25, 0.3) is 5.91 Å². The first-order chi connectivity index (χ1) is 8.97. The zero-order valence-corrected chi connectivity index (χ0v) is 12.4. The average Bonchev–Trinajstić information content (AvgIpc) is 2.37. The van der Waals surface area contributed by atoms with Crippen molar-refractivity contribution in [2.75, 3.05) is 5.32 Å². The summed E-state index contributed by atoms with van der Waals surface area (Å²) in [5, 5.41) is 12.4. The highest BCUT2D eigenvalue weighted by Gasteiger charge is 2.10. The first-order valence-electron chi connectivity index (χ1n) is 5.08. The molecule has 0 spiro atoms. The second-order valence-electron chi connectivity index (χ2n) is 3.62. The fourth-order valence-electron chi connectivity index (χ4n) is 1.34. The van der Waals surface area contributed by atoms with Crippen molar-refractivity contribution in [3.05, 3.63) is 50.7 Å². The molecular weight excluding hydrogens is 355 g/mol. The van der Waals surface area contributed by atoms with E-state index in [0.29, 0.717) is 20.9 Å². The van der Waals surface area contributed by atoms with E-state index in [9.17, 15) is 9.90 Å². The Morgan fingerprint density at radius 3 is 2.68 bits per heavy atom. The molecule has 0 aliphatic rings. The molecule has 0 atom stereocenters. The monoisotopic (exact) mass is 360 g/mol. The van der Waals surface area contributed by atoms with E-state index in [-0.39, 0.29) is 16.7 Å². The number of hydrogen-bond acceptors (Lipinski definition) is 3. The van der Waals surface area contributed by atoms with Crippen molar-refractivity contribution < 1.29 is 9.90 Å². The van der Waals surface area contributed by atoms with Crippen LogP contribution in [-0.4, -0.2) is 16.0 Å². The fourth-order valence-corrected chi connectivity index (χ4v) is 1.97. The molecule has 0 aliphatic carbocycles. The summed E-state index contributed by atoms with van der Waals surface area (Å²) in [5.74, 6) is -0.438. The molecule has 0 fully saturated rings. The molecule has 1 aromatic heterocycles.